The molecule has 2 saturated heterocycles. The van der Waals surface area contributed by atoms with E-state index in [2.05, 4.69) is 0 Å². The van der Waals surface area contributed by atoms with Crippen LogP contribution in [0.4, 0.5) is 0 Å². The number of aliphatic hydroxyl groups is 4. The second kappa shape index (κ2) is 14.0. The molecule has 5 rings (SSSR count). The van der Waals surface area contributed by atoms with E-state index in [1.165, 1.54) is 13.0 Å². The fourth-order valence-corrected chi connectivity index (χ4v) is 5.49. The first-order chi connectivity index (χ1) is 23.1. The van der Waals surface area contributed by atoms with Gasteiger partial charge >= 0.3 is 11.9 Å². The van der Waals surface area contributed by atoms with Crippen LogP contribution in [-0.4, -0.2) is 121 Å². The minimum absolute atomic E-state index is 0.0511. The molecular weight excluding hydrogens is 660 g/mol. The Morgan fingerprint density at radius 2 is 1.45 bits per heavy atom. The minimum atomic E-state index is -2.01. The number of aromatic hydroxyl groups is 4. The van der Waals surface area contributed by atoms with Crippen molar-refractivity contribution in [3.63, 3.8) is 0 Å². The van der Waals surface area contributed by atoms with Gasteiger partial charge in [0.05, 0.1) is 12.7 Å². The molecule has 1 aromatic heterocycles. The highest BCUT2D eigenvalue weighted by molar-refractivity contribution is 5.88. The Morgan fingerprint density at radius 3 is 2.10 bits per heavy atom. The number of phenols is 4. The molecular formula is C31H34O18. The standard InChI is InChI=1S/C31H34O18/c1-10-26(45-11(2)32)29(46-12(3)33)25(42)30(44-10)43-9-19-21(38)23(40)24(41)31(48-19)49-28-22(39)20-17(37)7-14(34)8-18(20)47-27(28)13-4-5-15(35)16(36)6-13/h4-8,10,19,21,23-26,29-31,34-38,40-42H,9H2,1-3H3/t10-,19+,21+,23-,24+,25+,26-,29-,30-,31-/m1/s1. The molecule has 0 saturated carbocycles. The zero-order chi connectivity index (χ0) is 35.9. The molecule has 0 bridgehead atoms. The largest absolute Gasteiger partial charge is 0.508 e. The van der Waals surface area contributed by atoms with Gasteiger partial charge < -0.3 is 73.7 Å². The van der Waals surface area contributed by atoms with Gasteiger partial charge in [-0.15, -0.1) is 0 Å². The first kappa shape index (κ1) is 35.6. The fourth-order valence-electron chi connectivity index (χ4n) is 5.49. The predicted molar refractivity (Wildman–Crippen MR) is 159 cm³/mol. The summed E-state index contributed by atoms with van der Waals surface area (Å²) < 4.78 is 38.7. The zero-order valence-electron chi connectivity index (χ0n) is 26.0. The first-order valence-electron chi connectivity index (χ1n) is 14.8. The lowest BCUT2D eigenvalue weighted by Crippen LogP contribution is -2.62. The lowest BCUT2D eigenvalue weighted by molar-refractivity contribution is -0.320. The first-order valence-corrected chi connectivity index (χ1v) is 14.8. The number of carbonyl (C=O) groups excluding carboxylic acids is 2. The third-order valence-electron chi connectivity index (χ3n) is 7.84. The predicted octanol–water partition coefficient (Wildman–Crippen LogP) is -0.546. The maximum absolute atomic E-state index is 13.7. The Hall–Kier alpha value is -4.69. The lowest BCUT2D eigenvalue weighted by Gasteiger charge is -2.43. The third kappa shape index (κ3) is 7.20. The van der Waals surface area contributed by atoms with Crippen molar-refractivity contribution in [2.75, 3.05) is 6.61 Å². The van der Waals surface area contributed by atoms with Crippen LogP contribution in [-0.2, 0) is 33.3 Å². The SMILES string of the molecule is CC(=O)O[C@@H]1[C@H](O)[C@H](OC[C@@H]2O[C@H](Oc3c(-c4ccc(O)c(O)c4)oc4cc(O)cc(O)c4c3=O)[C@@H](O)[C@H](O)[C@H]2O)O[C@H](C)[C@H]1OC(C)=O. The van der Waals surface area contributed by atoms with Gasteiger partial charge in [0, 0.05) is 31.5 Å². The van der Waals surface area contributed by atoms with Crippen molar-refractivity contribution in [1.29, 1.82) is 0 Å². The van der Waals surface area contributed by atoms with Crippen LogP contribution in [0, 0.1) is 0 Å². The number of hydrogen-bond donors (Lipinski definition) is 8. The summed E-state index contributed by atoms with van der Waals surface area (Å²) in [6.07, 6.45) is -16.1. The van der Waals surface area contributed by atoms with Crippen LogP contribution in [0.25, 0.3) is 22.3 Å². The molecule has 18 nitrogen and oxygen atoms in total. The fraction of sp³-hybridized carbons (Fsp3) is 0.452. The molecule has 266 valence electrons. The quantitative estimate of drug-likeness (QED) is 0.108. The molecule has 0 radical (unpaired) electrons. The summed E-state index contributed by atoms with van der Waals surface area (Å²) in [6, 6.07) is 5.19. The molecule has 2 aliphatic heterocycles. The van der Waals surface area contributed by atoms with E-state index >= 15 is 0 Å². The minimum Gasteiger partial charge on any atom is -0.508 e. The number of esters is 2. The Bertz CT molecular complexity index is 1770. The van der Waals surface area contributed by atoms with E-state index in [0.29, 0.717) is 0 Å². The number of hydrogen-bond acceptors (Lipinski definition) is 18. The Labute approximate surface area is 275 Å². The van der Waals surface area contributed by atoms with Gasteiger partial charge in [0.15, 0.2) is 35.8 Å². The number of rotatable bonds is 8. The number of carbonyl (C=O) groups is 2. The number of aliphatic hydroxyl groups excluding tert-OH is 4. The Kier molecular flexibility index (Phi) is 10.2. The molecule has 3 aromatic rings. The van der Waals surface area contributed by atoms with E-state index in [-0.39, 0.29) is 11.1 Å². The average Bonchev–Trinajstić information content (AvgIpc) is 3.02. The van der Waals surface area contributed by atoms with Gasteiger partial charge in [0.25, 0.3) is 0 Å². The molecule has 0 amide bonds. The van der Waals surface area contributed by atoms with Gasteiger partial charge in [-0.3, -0.25) is 14.4 Å². The molecule has 8 N–H and O–H groups in total. The molecule has 49 heavy (non-hydrogen) atoms. The van der Waals surface area contributed by atoms with Crippen LogP contribution in [0.15, 0.2) is 39.5 Å². The van der Waals surface area contributed by atoms with Gasteiger partial charge in [-0.1, -0.05) is 0 Å². The molecule has 0 aliphatic carbocycles. The highest BCUT2D eigenvalue weighted by Gasteiger charge is 2.50. The van der Waals surface area contributed by atoms with Crippen LogP contribution >= 0.6 is 0 Å². The van der Waals surface area contributed by atoms with Gasteiger partial charge in [-0.25, -0.2) is 0 Å². The van der Waals surface area contributed by atoms with Crippen molar-refractivity contribution in [2.24, 2.45) is 0 Å². The van der Waals surface area contributed by atoms with Crippen molar-refractivity contribution in [3.8, 4) is 40.1 Å². The third-order valence-corrected chi connectivity index (χ3v) is 7.84. The molecule has 10 atom stereocenters. The summed E-state index contributed by atoms with van der Waals surface area (Å²) in [5.41, 5.74) is -1.41. The van der Waals surface area contributed by atoms with Gasteiger partial charge in [-0.2, -0.15) is 0 Å². The van der Waals surface area contributed by atoms with Gasteiger partial charge in [0.2, 0.25) is 17.5 Å². The number of fused-ring (bicyclic) bond motifs is 1. The molecule has 18 heteroatoms. The smallest absolute Gasteiger partial charge is 0.303 e. The van der Waals surface area contributed by atoms with Gasteiger partial charge in [-0.05, 0) is 25.1 Å². The van der Waals surface area contributed by atoms with Crippen molar-refractivity contribution in [2.45, 2.75) is 82.2 Å². The summed E-state index contributed by atoms with van der Waals surface area (Å²) in [4.78, 5) is 37.0. The topological polar surface area (TPSA) is 282 Å². The summed E-state index contributed by atoms with van der Waals surface area (Å²) in [7, 11) is 0. The van der Waals surface area contributed by atoms with Crippen molar-refractivity contribution in [3.05, 3.63) is 40.6 Å². The van der Waals surface area contributed by atoms with Crippen molar-refractivity contribution in [1.82, 2.24) is 0 Å². The monoisotopic (exact) mass is 694 g/mol. The Morgan fingerprint density at radius 1 is 0.776 bits per heavy atom. The van der Waals surface area contributed by atoms with E-state index in [1.54, 1.807) is 0 Å². The lowest BCUT2D eigenvalue weighted by atomic mass is 9.98. The second-order valence-electron chi connectivity index (χ2n) is 11.4. The highest BCUT2D eigenvalue weighted by atomic mass is 16.7. The summed E-state index contributed by atoms with van der Waals surface area (Å²) in [5.74, 6) is -4.98. The maximum atomic E-state index is 13.7. The van der Waals surface area contributed by atoms with Crippen LogP contribution in [0.2, 0.25) is 0 Å². The average molecular weight is 695 g/mol. The molecule has 2 fully saturated rings. The van der Waals surface area contributed by atoms with E-state index in [1.807, 2.05) is 0 Å². The van der Waals surface area contributed by atoms with Crippen LogP contribution in [0.3, 0.4) is 0 Å². The Balaban J connectivity index is 1.43. The molecule has 2 aromatic carbocycles. The van der Waals surface area contributed by atoms with Crippen molar-refractivity contribution >= 4 is 22.9 Å². The summed E-state index contributed by atoms with van der Waals surface area (Å²) in [5, 5.41) is 82.9. The summed E-state index contributed by atoms with van der Waals surface area (Å²) >= 11 is 0. The van der Waals surface area contributed by atoms with Crippen LogP contribution in [0.5, 0.6) is 28.7 Å². The van der Waals surface area contributed by atoms with Crippen molar-refractivity contribution < 1.29 is 83.3 Å². The van der Waals surface area contributed by atoms with Crippen LogP contribution < -0.4 is 10.2 Å². The zero-order valence-corrected chi connectivity index (χ0v) is 26.0. The second-order valence-corrected chi connectivity index (χ2v) is 11.4. The van der Waals surface area contributed by atoms with E-state index in [4.69, 9.17) is 32.8 Å². The normalized spacial score (nSPS) is 30.1. The maximum Gasteiger partial charge on any atom is 0.303 e. The number of ether oxygens (including phenoxy) is 6. The molecule has 0 unspecified atom stereocenters. The van der Waals surface area contributed by atoms with Gasteiger partial charge in [0.1, 0.15) is 53.0 Å². The van der Waals surface area contributed by atoms with E-state index in [9.17, 15) is 55.2 Å². The van der Waals surface area contributed by atoms with E-state index in [0.717, 1.165) is 38.1 Å². The van der Waals surface area contributed by atoms with Crippen LogP contribution in [0.1, 0.15) is 20.8 Å². The number of phenolic OH excluding ortho intramolecular Hbond substituents is 4. The van der Waals surface area contributed by atoms with E-state index < -0.39 is 125 Å². The molecule has 3 heterocycles. The molecule has 2 aliphatic rings. The highest BCUT2D eigenvalue weighted by Crippen LogP contribution is 2.39. The molecule has 0 spiro atoms. The number of benzene rings is 2. The summed E-state index contributed by atoms with van der Waals surface area (Å²) in [6.45, 7) is 2.99.